The fraction of sp³-hybridized carbons (Fsp3) is 0.833. The van der Waals surface area contributed by atoms with Gasteiger partial charge in [-0.15, -0.1) is 0 Å². The van der Waals surface area contributed by atoms with Crippen LogP contribution in [-0.4, -0.2) is 23.6 Å². The summed E-state index contributed by atoms with van der Waals surface area (Å²) in [5.41, 5.74) is -0.275. The van der Waals surface area contributed by atoms with E-state index in [0.717, 1.165) is 6.42 Å². The summed E-state index contributed by atoms with van der Waals surface area (Å²) < 4.78 is 0. The smallest absolute Gasteiger partial charge is 0.150 e. The molecule has 9 heavy (non-hydrogen) atoms. The van der Waals surface area contributed by atoms with Crippen molar-refractivity contribution >= 4 is 18.4 Å². The third-order valence-electron chi connectivity index (χ3n) is 2.00. The van der Waals surface area contributed by atoms with Gasteiger partial charge < -0.3 is 5.32 Å². The number of ketones is 1. The van der Waals surface area contributed by atoms with Gasteiger partial charge in [0.25, 0.3) is 0 Å². The molecule has 3 heteroatoms. The molecule has 0 aromatic heterocycles. The second-order valence-corrected chi connectivity index (χ2v) is 3.12. The lowest BCUT2D eigenvalue weighted by Gasteiger charge is -2.08. The van der Waals surface area contributed by atoms with Crippen molar-refractivity contribution in [3.8, 4) is 0 Å². The second kappa shape index (κ2) is 1.99. The van der Waals surface area contributed by atoms with E-state index in [1.165, 1.54) is 0 Å². The molecule has 2 nitrogen and oxygen atoms in total. The summed E-state index contributed by atoms with van der Waals surface area (Å²) in [4.78, 5) is 10.9. The van der Waals surface area contributed by atoms with Gasteiger partial charge in [-0.1, -0.05) is 0 Å². The molecule has 1 fully saturated rings. The molecule has 0 radical (unpaired) electrons. The number of likely N-dealkylation sites (N-methyl/N-ethyl adjacent to an activating group) is 1. The maximum Gasteiger partial charge on any atom is 0.150 e. The van der Waals surface area contributed by atoms with Crippen molar-refractivity contribution in [2.45, 2.75) is 24.1 Å². The van der Waals surface area contributed by atoms with E-state index in [9.17, 15) is 4.79 Å². The summed E-state index contributed by atoms with van der Waals surface area (Å²) in [5, 5.41) is 3.21. The number of Topliss-reactive ketones (excluding diaryl/α,β-unsaturated/α-hetero) is 1. The van der Waals surface area contributed by atoms with Crippen LogP contribution in [-0.2, 0) is 4.79 Å². The zero-order valence-electron chi connectivity index (χ0n) is 5.64. The van der Waals surface area contributed by atoms with Crippen molar-refractivity contribution in [3.63, 3.8) is 0 Å². The van der Waals surface area contributed by atoms with E-state index in [4.69, 9.17) is 0 Å². The van der Waals surface area contributed by atoms with E-state index in [-0.39, 0.29) is 16.6 Å². The predicted molar refractivity (Wildman–Crippen MR) is 39.9 cm³/mol. The zero-order chi connectivity index (χ0) is 7.07. The summed E-state index contributed by atoms with van der Waals surface area (Å²) in [6.45, 7) is 1.60. The average Bonchev–Trinajstić information content (AvgIpc) is 2.43. The number of rotatable bonds is 2. The molecule has 0 bridgehead atoms. The first-order chi connectivity index (χ1) is 4.13. The van der Waals surface area contributed by atoms with Gasteiger partial charge in [-0.3, -0.25) is 4.79 Å². The SMILES string of the molecule is CN[C@@]1(C(C)=O)C[C@@H]1S. The van der Waals surface area contributed by atoms with Crippen LogP contribution in [0.4, 0.5) is 0 Å². The third kappa shape index (κ3) is 0.883. The molecule has 1 saturated carbocycles. The monoisotopic (exact) mass is 145 g/mol. The minimum atomic E-state index is -0.275. The Bertz CT molecular complexity index is 144. The van der Waals surface area contributed by atoms with Crippen LogP contribution in [0.5, 0.6) is 0 Å². The van der Waals surface area contributed by atoms with Crippen molar-refractivity contribution in [2.24, 2.45) is 0 Å². The molecule has 0 aromatic carbocycles. The van der Waals surface area contributed by atoms with Gasteiger partial charge >= 0.3 is 0 Å². The molecule has 0 aromatic rings. The van der Waals surface area contributed by atoms with E-state index in [1.807, 2.05) is 0 Å². The lowest BCUT2D eigenvalue weighted by molar-refractivity contribution is -0.119. The average molecular weight is 145 g/mol. The molecule has 2 atom stereocenters. The first-order valence-electron chi connectivity index (χ1n) is 3.01. The molecule has 1 aliphatic rings. The number of thiol groups is 1. The number of hydrogen-bond acceptors (Lipinski definition) is 3. The lowest BCUT2D eigenvalue weighted by atomic mass is 10.2. The van der Waals surface area contributed by atoms with Crippen LogP contribution in [0.3, 0.4) is 0 Å². The van der Waals surface area contributed by atoms with Crippen LogP contribution in [0.25, 0.3) is 0 Å². The first kappa shape index (κ1) is 7.09. The molecular weight excluding hydrogens is 134 g/mol. The molecule has 0 heterocycles. The van der Waals surface area contributed by atoms with Gasteiger partial charge in [-0.25, -0.2) is 0 Å². The lowest BCUT2D eigenvalue weighted by Crippen LogP contribution is -2.37. The van der Waals surface area contributed by atoms with Crippen molar-refractivity contribution in [2.75, 3.05) is 7.05 Å². The highest BCUT2D eigenvalue weighted by Gasteiger charge is 2.54. The van der Waals surface area contributed by atoms with Gasteiger partial charge in [0.1, 0.15) is 0 Å². The van der Waals surface area contributed by atoms with E-state index < -0.39 is 0 Å². The van der Waals surface area contributed by atoms with Crippen LogP contribution < -0.4 is 5.32 Å². The van der Waals surface area contributed by atoms with Gasteiger partial charge in [-0.2, -0.15) is 12.6 Å². The highest BCUT2D eigenvalue weighted by Crippen LogP contribution is 2.40. The van der Waals surface area contributed by atoms with Crippen LogP contribution in [0.1, 0.15) is 13.3 Å². The fourth-order valence-corrected chi connectivity index (χ4v) is 1.67. The van der Waals surface area contributed by atoms with Crippen molar-refractivity contribution in [1.82, 2.24) is 5.32 Å². The fourth-order valence-electron chi connectivity index (χ4n) is 1.07. The maximum atomic E-state index is 10.9. The standard InChI is InChI=1S/C6H11NOS/c1-4(8)6(7-2)3-5(6)9/h5,7,9H,3H2,1-2H3/t5-,6+/m0/s1. The largest absolute Gasteiger partial charge is 0.307 e. The normalized spacial score (nSPS) is 40.6. The zero-order valence-corrected chi connectivity index (χ0v) is 6.53. The van der Waals surface area contributed by atoms with E-state index in [2.05, 4.69) is 17.9 Å². The topological polar surface area (TPSA) is 29.1 Å². The molecule has 1 rings (SSSR count). The van der Waals surface area contributed by atoms with Crippen LogP contribution >= 0.6 is 12.6 Å². The Morgan fingerprint density at radius 2 is 2.33 bits per heavy atom. The summed E-state index contributed by atoms with van der Waals surface area (Å²) >= 11 is 4.19. The van der Waals surface area contributed by atoms with Crippen molar-refractivity contribution in [3.05, 3.63) is 0 Å². The Morgan fingerprint density at radius 1 is 1.89 bits per heavy atom. The van der Waals surface area contributed by atoms with Crippen LogP contribution in [0.2, 0.25) is 0 Å². The Labute approximate surface area is 60.4 Å². The molecule has 1 aliphatic carbocycles. The number of carbonyl (C=O) groups is 1. The molecule has 0 saturated heterocycles. The summed E-state index contributed by atoms with van der Waals surface area (Å²) in [5.74, 6) is 0.199. The molecule has 0 aliphatic heterocycles. The number of nitrogens with one attached hydrogen (secondary N) is 1. The Hall–Kier alpha value is -0.0200. The Balaban J connectivity index is 2.62. The molecular formula is C6H11NOS. The molecule has 0 unspecified atom stereocenters. The van der Waals surface area contributed by atoms with E-state index in [0.29, 0.717) is 0 Å². The van der Waals surface area contributed by atoms with Crippen molar-refractivity contribution < 1.29 is 4.79 Å². The highest BCUT2D eigenvalue weighted by molar-refractivity contribution is 7.81. The van der Waals surface area contributed by atoms with E-state index >= 15 is 0 Å². The Kier molecular flexibility index (Phi) is 1.57. The van der Waals surface area contributed by atoms with Gasteiger partial charge in [0.05, 0.1) is 5.54 Å². The minimum absolute atomic E-state index is 0.199. The summed E-state index contributed by atoms with van der Waals surface area (Å²) in [6, 6.07) is 0. The molecule has 0 spiro atoms. The summed E-state index contributed by atoms with van der Waals surface area (Å²) in [7, 11) is 1.80. The van der Waals surface area contributed by atoms with Crippen LogP contribution in [0, 0.1) is 0 Å². The van der Waals surface area contributed by atoms with Gasteiger partial charge in [0.2, 0.25) is 0 Å². The predicted octanol–water partition coefficient (Wildman–Crippen LogP) is 0.236. The second-order valence-electron chi connectivity index (χ2n) is 2.50. The van der Waals surface area contributed by atoms with Crippen molar-refractivity contribution in [1.29, 1.82) is 0 Å². The molecule has 1 N–H and O–H groups in total. The van der Waals surface area contributed by atoms with E-state index in [1.54, 1.807) is 14.0 Å². The number of hydrogen-bond donors (Lipinski definition) is 2. The molecule has 52 valence electrons. The van der Waals surface area contributed by atoms with Gasteiger partial charge in [0.15, 0.2) is 5.78 Å². The third-order valence-corrected chi connectivity index (χ3v) is 2.62. The maximum absolute atomic E-state index is 10.9. The molecule has 0 amide bonds. The highest BCUT2D eigenvalue weighted by atomic mass is 32.1. The van der Waals surface area contributed by atoms with Gasteiger partial charge in [0, 0.05) is 5.25 Å². The minimum Gasteiger partial charge on any atom is -0.307 e. The Morgan fingerprint density at radius 3 is 2.33 bits per heavy atom. The number of carbonyl (C=O) groups excluding carboxylic acids is 1. The quantitative estimate of drug-likeness (QED) is 0.545. The van der Waals surface area contributed by atoms with Crippen LogP contribution in [0.15, 0.2) is 0 Å². The van der Waals surface area contributed by atoms with Gasteiger partial charge in [-0.05, 0) is 20.4 Å². The first-order valence-corrected chi connectivity index (χ1v) is 3.53. The summed E-state index contributed by atoms with van der Waals surface area (Å²) in [6.07, 6.45) is 0.877.